The highest BCUT2D eigenvalue weighted by atomic mass is 16.6. The molecule has 0 aromatic heterocycles. The Morgan fingerprint density at radius 3 is 2.21 bits per heavy atom. The number of nitro groups is 1. The van der Waals surface area contributed by atoms with Crippen molar-refractivity contribution in [1.29, 1.82) is 0 Å². The van der Waals surface area contributed by atoms with Crippen molar-refractivity contribution in [3.63, 3.8) is 0 Å². The molecule has 2 aromatic rings. The van der Waals surface area contributed by atoms with Crippen molar-refractivity contribution in [3.8, 4) is 0 Å². The lowest BCUT2D eigenvalue weighted by Crippen LogP contribution is -2.46. The van der Waals surface area contributed by atoms with E-state index in [-0.39, 0.29) is 16.5 Å². The van der Waals surface area contributed by atoms with Crippen LogP contribution in [0.1, 0.15) is 28.8 Å². The molecule has 0 aliphatic carbocycles. The molecule has 1 amide bonds. The number of benzene rings is 2. The fourth-order valence-electron chi connectivity index (χ4n) is 4.15. The molecule has 2 aliphatic heterocycles. The summed E-state index contributed by atoms with van der Waals surface area (Å²) in [6.07, 6.45) is 2.20. The number of rotatable bonds is 5. The van der Waals surface area contributed by atoms with Crippen molar-refractivity contribution in [2.45, 2.75) is 19.4 Å². The van der Waals surface area contributed by atoms with E-state index >= 15 is 0 Å². The number of hydrogen-bond acceptors (Lipinski definition) is 5. The van der Waals surface area contributed by atoms with Crippen molar-refractivity contribution in [2.24, 2.45) is 0 Å². The van der Waals surface area contributed by atoms with Crippen molar-refractivity contribution in [1.82, 2.24) is 9.80 Å². The van der Waals surface area contributed by atoms with Gasteiger partial charge < -0.3 is 9.80 Å². The van der Waals surface area contributed by atoms with Gasteiger partial charge in [0.1, 0.15) is 5.69 Å². The number of nitro benzene ring substituents is 1. The van der Waals surface area contributed by atoms with Gasteiger partial charge in [0.2, 0.25) is 0 Å². The summed E-state index contributed by atoms with van der Waals surface area (Å²) in [5.41, 5.74) is 2.81. The van der Waals surface area contributed by atoms with E-state index in [0.717, 1.165) is 64.2 Å². The van der Waals surface area contributed by atoms with E-state index < -0.39 is 0 Å². The molecule has 2 fully saturated rings. The number of para-hydroxylation sites is 2. The van der Waals surface area contributed by atoms with Gasteiger partial charge in [-0.1, -0.05) is 24.3 Å². The summed E-state index contributed by atoms with van der Waals surface area (Å²) in [6, 6.07) is 14.9. The standard InChI is InChI=1S/C22H26N4O3/c27-22(25-11-3-4-12-25)19-9-7-18(8-10-19)17-23-13-15-24(16-14-23)20-5-1-2-6-21(20)26(28)29/h1-2,5-10H,3-4,11-17H2. The summed E-state index contributed by atoms with van der Waals surface area (Å²) in [6.45, 7) is 5.77. The van der Waals surface area contributed by atoms with Crippen LogP contribution in [-0.2, 0) is 6.54 Å². The lowest BCUT2D eigenvalue weighted by Gasteiger charge is -2.35. The zero-order valence-corrected chi connectivity index (χ0v) is 16.5. The van der Waals surface area contributed by atoms with E-state index in [1.54, 1.807) is 12.1 Å². The van der Waals surface area contributed by atoms with E-state index in [1.165, 1.54) is 5.56 Å². The Kier molecular flexibility index (Phi) is 5.76. The second-order valence-electron chi connectivity index (χ2n) is 7.71. The second kappa shape index (κ2) is 8.61. The van der Waals surface area contributed by atoms with E-state index in [1.807, 2.05) is 41.3 Å². The highest BCUT2D eigenvalue weighted by Crippen LogP contribution is 2.28. The molecule has 29 heavy (non-hydrogen) atoms. The first-order valence-electron chi connectivity index (χ1n) is 10.2. The maximum absolute atomic E-state index is 12.5. The van der Waals surface area contributed by atoms with Crippen LogP contribution in [0, 0.1) is 10.1 Å². The second-order valence-corrected chi connectivity index (χ2v) is 7.71. The number of carbonyl (C=O) groups is 1. The number of piperazine rings is 1. The van der Waals surface area contributed by atoms with Gasteiger partial charge in [-0.3, -0.25) is 19.8 Å². The van der Waals surface area contributed by atoms with Crippen molar-refractivity contribution in [2.75, 3.05) is 44.2 Å². The molecule has 7 nitrogen and oxygen atoms in total. The predicted octanol–water partition coefficient (Wildman–Crippen LogP) is 3.15. The zero-order valence-electron chi connectivity index (χ0n) is 16.5. The number of nitrogens with zero attached hydrogens (tertiary/aromatic N) is 4. The molecule has 0 spiro atoms. The molecular weight excluding hydrogens is 368 g/mol. The van der Waals surface area contributed by atoms with E-state index in [4.69, 9.17) is 0 Å². The molecule has 0 saturated carbocycles. The normalized spacial score (nSPS) is 17.5. The van der Waals surface area contributed by atoms with Crippen molar-refractivity contribution in [3.05, 3.63) is 69.8 Å². The Hall–Kier alpha value is -2.93. The van der Waals surface area contributed by atoms with Crippen LogP contribution in [0.2, 0.25) is 0 Å². The van der Waals surface area contributed by atoms with E-state index in [0.29, 0.717) is 5.69 Å². The average molecular weight is 394 g/mol. The van der Waals surface area contributed by atoms with Crippen LogP contribution in [-0.4, -0.2) is 59.9 Å². The number of likely N-dealkylation sites (tertiary alicyclic amines) is 1. The molecule has 0 unspecified atom stereocenters. The van der Waals surface area contributed by atoms with Gasteiger partial charge in [-0.05, 0) is 36.6 Å². The molecule has 0 bridgehead atoms. The van der Waals surface area contributed by atoms with Crippen LogP contribution < -0.4 is 4.90 Å². The quantitative estimate of drug-likeness (QED) is 0.576. The molecule has 0 N–H and O–H groups in total. The number of hydrogen-bond donors (Lipinski definition) is 0. The summed E-state index contributed by atoms with van der Waals surface area (Å²) in [5.74, 6) is 0.132. The lowest BCUT2D eigenvalue weighted by molar-refractivity contribution is -0.384. The molecule has 0 radical (unpaired) electrons. The fraction of sp³-hybridized carbons (Fsp3) is 0.409. The molecule has 2 aromatic carbocycles. The highest BCUT2D eigenvalue weighted by molar-refractivity contribution is 5.94. The maximum Gasteiger partial charge on any atom is 0.292 e. The van der Waals surface area contributed by atoms with Gasteiger partial charge in [0.05, 0.1) is 4.92 Å². The van der Waals surface area contributed by atoms with Crippen LogP contribution in [0.3, 0.4) is 0 Å². The lowest BCUT2D eigenvalue weighted by atomic mass is 10.1. The minimum absolute atomic E-state index is 0.132. The third kappa shape index (κ3) is 4.40. The summed E-state index contributed by atoms with van der Waals surface area (Å²) < 4.78 is 0. The summed E-state index contributed by atoms with van der Waals surface area (Å²) >= 11 is 0. The van der Waals surface area contributed by atoms with Crippen LogP contribution in [0.5, 0.6) is 0 Å². The van der Waals surface area contributed by atoms with Gasteiger partial charge in [0.25, 0.3) is 11.6 Å². The first-order chi connectivity index (χ1) is 14.1. The SMILES string of the molecule is O=C(c1ccc(CN2CCN(c3ccccc3[N+](=O)[O-])CC2)cc1)N1CCCC1. The molecule has 152 valence electrons. The summed E-state index contributed by atoms with van der Waals surface area (Å²) in [4.78, 5) is 29.8. The molecule has 7 heteroatoms. The number of anilines is 1. The average Bonchev–Trinajstić information content (AvgIpc) is 3.29. The fourth-order valence-corrected chi connectivity index (χ4v) is 4.15. The number of carbonyl (C=O) groups excluding carboxylic acids is 1. The molecule has 2 aliphatic rings. The first-order valence-corrected chi connectivity index (χ1v) is 10.2. The molecule has 2 saturated heterocycles. The Labute approximate surface area is 170 Å². The van der Waals surface area contributed by atoms with E-state index in [9.17, 15) is 14.9 Å². The smallest absolute Gasteiger partial charge is 0.292 e. The van der Waals surface area contributed by atoms with Gasteiger partial charge in [-0.15, -0.1) is 0 Å². The topological polar surface area (TPSA) is 69.9 Å². The highest BCUT2D eigenvalue weighted by Gasteiger charge is 2.23. The van der Waals surface area contributed by atoms with Crippen LogP contribution in [0.4, 0.5) is 11.4 Å². The Bertz CT molecular complexity index is 870. The Balaban J connectivity index is 1.33. The van der Waals surface area contributed by atoms with Gasteiger partial charge in [-0.2, -0.15) is 0 Å². The molecule has 0 atom stereocenters. The minimum Gasteiger partial charge on any atom is -0.363 e. The van der Waals surface area contributed by atoms with Gasteiger partial charge in [0, 0.05) is 57.4 Å². The van der Waals surface area contributed by atoms with E-state index in [2.05, 4.69) is 9.80 Å². The van der Waals surface area contributed by atoms with Gasteiger partial charge >= 0.3 is 0 Å². The van der Waals surface area contributed by atoms with Crippen LogP contribution >= 0.6 is 0 Å². The Morgan fingerprint density at radius 1 is 0.897 bits per heavy atom. The molecular formula is C22H26N4O3. The number of amides is 1. The van der Waals surface area contributed by atoms with Crippen LogP contribution in [0.25, 0.3) is 0 Å². The first kappa shape index (κ1) is 19.4. The molecule has 2 heterocycles. The summed E-state index contributed by atoms with van der Waals surface area (Å²) in [5, 5.41) is 11.3. The monoisotopic (exact) mass is 394 g/mol. The van der Waals surface area contributed by atoms with Gasteiger partial charge in [0.15, 0.2) is 0 Å². The third-order valence-corrected chi connectivity index (χ3v) is 5.79. The predicted molar refractivity (Wildman–Crippen MR) is 112 cm³/mol. The van der Waals surface area contributed by atoms with Crippen molar-refractivity contribution >= 4 is 17.3 Å². The summed E-state index contributed by atoms with van der Waals surface area (Å²) in [7, 11) is 0. The van der Waals surface area contributed by atoms with Crippen molar-refractivity contribution < 1.29 is 9.72 Å². The molecule has 4 rings (SSSR count). The minimum atomic E-state index is -0.313. The Morgan fingerprint density at radius 2 is 1.55 bits per heavy atom. The largest absolute Gasteiger partial charge is 0.363 e. The van der Waals surface area contributed by atoms with Gasteiger partial charge in [-0.25, -0.2) is 0 Å². The van der Waals surface area contributed by atoms with Crippen LogP contribution in [0.15, 0.2) is 48.5 Å². The zero-order chi connectivity index (χ0) is 20.2. The maximum atomic E-state index is 12.5. The third-order valence-electron chi connectivity index (χ3n) is 5.79.